The normalized spacial score (nSPS) is 17.1. The third kappa shape index (κ3) is 2.21. The molecule has 3 heterocycles. The molecule has 0 atom stereocenters. The van der Waals surface area contributed by atoms with Crippen molar-refractivity contribution in [2.45, 2.75) is 12.8 Å². The van der Waals surface area contributed by atoms with Crippen LogP contribution in [0.4, 0.5) is 5.82 Å². The van der Waals surface area contributed by atoms with Gasteiger partial charge >= 0.3 is 5.69 Å². The molecule has 0 bridgehead atoms. The Bertz CT molecular complexity index is 582. The third-order valence-corrected chi connectivity index (χ3v) is 3.30. The molecule has 3 rings (SSSR count). The van der Waals surface area contributed by atoms with E-state index >= 15 is 0 Å². The first-order chi connectivity index (χ1) is 8.83. The van der Waals surface area contributed by atoms with Crippen LogP contribution in [0.1, 0.15) is 12.8 Å². The number of piperidine rings is 1. The first-order valence-corrected chi connectivity index (χ1v) is 6.22. The lowest BCUT2D eigenvalue weighted by Crippen LogP contribution is -2.31. The van der Waals surface area contributed by atoms with E-state index in [4.69, 9.17) is 0 Å². The molecule has 18 heavy (non-hydrogen) atoms. The third-order valence-electron chi connectivity index (χ3n) is 3.30. The predicted octanol–water partition coefficient (Wildman–Crippen LogP) is -0.171. The van der Waals surface area contributed by atoms with E-state index in [1.165, 1.54) is 17.4 Å². The minimum Gasteiger partial charge on any atom is -0.368 e. The second kappa shape index (κ2) is 4.77. The van der Waals surface area contributed by atoms with Crippen molar-refractivity contribution in [3.8, 4) is 0 Å². The lowest BCUT2D eigenvalue weighted by Gasteiger charge is -2.22. The average Bonchev–Trinajstić information content (AvgIpc) is 2.79. The highest BCUT2D eigenvalue weighted by Gasteiger charge is 2.12. The first-order valence-electron chi connectivity index (χ1n) is 6.22. The molecule has 0 aromatic carbocycles. The minimum absolute atomic E-state index is 0.310. The summed E-state index contributed by atoms with van der Waals surface area (Å²) in [4.78, 5) is 11.4. The van der Waals surface area contributed by atoms with Crippen molar-refractivity contribution in [2.75, 3.05) is 25.0 Å². The molecule has 0 unspecified atom stereocenters. The predicted molar refractivity (Wildman–Crippen MR) is 67.7 cm³/mol. The van der Waals surface area contributed by atoms with Gasteiger partial charge in [0.2, 0.25) is 0 Å². The Morgan fingerprint density at radius 3 is 3.06 bits per heavy atom. The Morgan fingerprint density at radius 1 is 1.39 bits per heavy atom. The number of nitrogens with zero attached hydrogens (tertiary/aromatic N) is 3. The second-order valence-corrected chi connectivity index (χ2v) is 4.59. The van der Waals surface area contributed by atoms with Gasteiger partial charge in [-0.3, -0.25) is 0 Å². The molecule has 0 aliphatic carbocycles. The van der Waals surface area contributed by atoms with E-state index in [0.29, 0.717) is 17.4 Å². The molecule has 1 aliphatic heterocycles. The van der Waals surface area contributed by atoms with Gasteiger partial charge in [0.05, 0.1) is 0 Å². The molecule has 1 fully saturated rings. The molecule has 2 aromatic heterocycles. The quantitative estimate of drug-likeness (QED) is 0.702. The van der Waals surface area contributed by atoms with Crippen LogP contribution < -0.4 is 16.3 Å². The summed E-state index contributed by atoms with van der Waals surface area (Å²) in [7, 11) is 0. The molecule has 1 saturated heterocycles. The zero-order valence-corrected chi connectivity index (χ0v) is 10.0. The molecular weight excluding hydrogens is 232 g/mol. The number of fused-ring (bicyclic) bond motifs is 1. The van der Waals surface area contributed by atoms with Crippen LogP contribution >= 0.6 is 0 Å². The van der Waals surface area contributed by atoms with Gasteiger partial charge in [0.15, 0.2) is 5.65 Å². The number of aromatic nitrogens is 4. The van der Waals surface area contributed by atoms with E-state index in [1.807, 2.05) is 6.07 Å². The maximum atomic E-state index is 11.4. The van der Waals surface area contributed by atoms with Crippen molar-refractivity contribution in [3.63, 3.8) is 0 Å². The summed E-state index contributed by atoms with van der Waals surface area (Å²) in [5.74, 6) is 1.38. The van der Waals surface area contributed by atoms with Crippen molar-refractivity contribution >= 4 is 11.5 Å². The van der Waals surface area contributed by atoms with Crippen LogP contribution in [-0.2, 0) is 0 Å². The Morgan fingerprint density at radius 2 is 2.22 bits per heavy atom. The average molecular weight is 248 g/mol. The van der Waals surface area contributed by atoms with Gasteiger partial charge in [-0.25, -0.2) is 9.89 Å². The lowest BCUT2D eigenvalue weighted by atomic mass is 9.98. The summed E-state index contributed by atoms with van der Waals surface area (Å²) in [5.41, 5.74) is 0.225. The van der Waals surface area contributed by atoms with Crippen LogP contribution in [0.3, 0.4) is 0 Å². The molecule has 0 saturated carbocycles. The van der Waals surface area contributed by atoms with Crippen LogP contribution in [-0.4, -0.2) is 39.4 Å². The van der Waals surface area contributed by atoms with Crippen LogP contribution in [0.25, 0.3) is 5.65 Å². The first kappa shape index (κ1) is 11.2. The minimum atomic E-state index is -0.310. The fourth-order valence-electron chi connectivity index (χ4n) is 2.23. The Hall–Kier alpha value is -1.89. The molecular formula is C11H16N6O. The molecule has 3 N–H and O–H groups in total. The SMILES string of the molecule is O=c1[nH]nc2ccc(NCC3CCNCC3)nn12. The maximum absolute atomic E-state index is 11.4. The van der Waals surface area contributed by atoms with Gasteiger partial charge in [-0.2, -0.15) is 9.61 Å². The fourth-order valence-corrected chi connectivity index (χ4v) is 2.23. The van der Waals surface area contributed by atoms with Crippen molar-refractivity contribution in [1.82, 2.24) is 25.1 Å². The molecule has 0 spiro atoms. The van der Waals surface area contributed by atoms with Gasteiger partial charge in [0.25, 0.3) is 0 Å². The maximum Gasteiger partial charge on any atom is 0.364 e. The van der Waals surface area contributed by atoms with E-state index < -0.39 is 0 Å². The van der Waals surface area contributed by atoms with E-state index in [-0.39, 0.29) is 5.69 Å². The molecule has 1 aliphatic rings. The van der Waals surface area contributed by atoms with Crippen molar-refractivity contribution in [2.24, 2.45) is 5.92 Å². The zero-order chi connectivity index (χ0) is 12.4. The molecule has 2 aromatic rings. The number of hydrogen-bond acceptors (Lipinski definition) is 5. The molecule has 0 radical (unpaired) electrons. The van der Waals surface area contributed by atoms with Crippen LogP contribution in [0.15, 0.2) is 16.9 Å². The largest absolute Gasteiger partial charge is 0.368 e. The molecule has 96 valence electrons. The lowest BCUT2D eigenvalue weighted by molar-refractivity contribution is 0.389. The van der Waals surface area contributed by atoms with Gasteiger partial charge in [-0.05, 0) is 44.0 Å². The number of H-pyrrole nitrogens is 1. The fraction of sp³-hybridized carbons (Fsp3) is 0.545. The van der Waals surface area contributed by atoms with Crippen molar-refractivity contribution < 1.29 is 0 Å². The summed E-state index contributed by atoms with van der Waals surface area (Å²) in [6.45, 7) is 3.06. The Kier molecular flexibility index (Phi) is 2.97. The van der Waals surface area contributed by atoms with E-state index in [1.54, 1.807) is 6.07 Å². The van der Waals surface area contributed by atoms with Crippen molar-refractivity contribution in [1.29, 1.82) is 0 Å². The Labute approximate surface area is 104 Å². The standard InChI is InChI=1S/C11H16N6O/c18-11-15-14-10-2-1-9(16-17(10)11)13-7-8-3-5-12-6-4-8/h1-2,8,12H,3-7H2,(H,13,16)(H,15,18). The van der Waals surface area contributed by atoms with Crippen LogP contribution in [0.2, 0.25) is 0 Å². The van der Waals surface area contributed by atoms with E-state index in [0.717, 1.165) is 19.6 Å². The van der Waals surface area contributed by atoms with Gasteiger partial charge in [-0.15, -0.1) is 5.10 Å². The summed E-state index contributed by atoms with van der Waals surface area (Å²) in [6.07, 6.45) is 2.36. The summed E-state index contributed by atoms with van der Waals surface area (Å²) < 4.78 is 1.27. The summed E-state index contributed by atoms with van der Waals surface area (Å²) in [6, 6.07) is 3.62. The number of anilines is 1. The zero-order valence-electron chi connectivity index (χ0n) is 10.0. The topological polar surface area (TPSA) is 87.1 Å². The highest BCUT2D eigenvalue weighted by Crippen LogP contribution is 2.12. The smallest absolute Gasteiger partial charge is 0.364 e. The van der Waals surface area contributed by atoms with Gasteiger partial charge < -0.3 is 10.6 Å². The highest BCUT2D eigenvalue weighted by molar-refractivity contribution is 5.42. The highest BCUT2D eigenvalue weighted by atomic mass is 16.2. The van der Waals surface area contributed by atoms with Crippen LogP contribution in [0.5, 0.6) is 0 Å². The van der Waals surface area contributed by atoms with Crippen molar-refractivity contribution in [3.05, 3.63) is 22.6 Å². The van der Waals surface area contributed by atoms with Gasteiger partial charge in [-0.1, -0.05) is 0 Å². The molecule has 7 heteroatoms. The molecule has 0 amide bonds. The molecule has 7 nitrogen and oxygen atoms in total. The van der Waals surface area contributed by atoms with Crippen LogP contribution in [0, 0.1) is 5.92 Å². The summed E-state index contributed by atoms with van der Waals surface area (Å²) >= 11 is 0. The second-order valence-electron chi connectivity index (χ2n) is 4.59. The van der Waals surface area contributed by atoms with Gasteiger partial charge in [0.1, 0.15) is 5.82 Å². The monoisotopic (exact) mass is 248 g/mol. The number of nitrogens with one attached hydrogen (secondary N) is 3. The van der Waals surface area contributed by atoms with E-state index in [2.05, 4.69) is 25.9 Å². The van der Waals surface area contributed by atoms with E-state index in [9.17, 15) is 4.79 Å². The Balaban J connectivity index is 1.70. The van der Waals surface area contributed by atoms with Gasteiger partial charge in [0, 0.05) is 6.54 Å². The number of hydrogen-bond donors (Lipinski definition) is 3. The number of rotatable bonds is 3. The number of aromatic amines is 1. The summed E-state index contributed by atoms with van der Waals surface area (Å²) in [5, 5.41) is 17.0.